The van der Waals surface area contributed by atoms with E-state index >= 15 is 0 Å². The Balaban J connectivity index is 2.13. The molecule has 1 N–H and O–H groups in total. The zero-order valence-electron chi connectivity index (χ0n) is 16.3. The van der Waals surface area contributed by atoms with E-state index in [2.05, 4.69) is 15.5 Å². The first kappa shape index (κ1) is 23.9. The van der Waals surface area contributed by atoms with Crippen molar-refractivity contribution in [3.63, 3.8) is 0 Å². The molecule has 0 aliphatic carbocycles. The number of amides is 1. The van der Waals surface area contributed by atoms with E-state index in [1.807, 2.05) is 12.1 Å². The van der Waals surface area contributed by atoms with Crippen LogP contribution in [0.2, 0.25) is 0 Å². The molecule has 0 saturated heterocycles. The van der Waals surface area contributed by atoms with Gasteiger partial charge in [-0.3, -0.25) is 10.1 Å². The van der Waals surface area contributed by atoms with Gasteiger partial charge in [-0.1, -0.05) is 5.10 Å². The molecule has 1 heterocycles. The highest BCUT2D eigenvalue weighted by molar-refractivity contribution is 7.89. The van der Waals surface area contributed by atoms with Crippen LogP contribution >= 0.6 is 0 Å². The van der Waals surface area contributed by atoms with Crippen LogP contribution in [0.15, 0.2) is 33.6 Å². The van der Waals surface area contributed by atoms with E-state index in [0.29, 0.717) is 0 Å². The second-order valence-corrected chi connectivity index (χ2v) is 10.3. The Morgan fingerprint density at radius 2 is 1.65 bits per heavy atom. The van der Waals surface area contributed by atoms with Crippen molar-refractivity contribution in [2.24, 2.45) is 0 Å². The molecule has 12 nitrogen and oxygen atoms in total. The van der Waals surface area contributed by atoms with Gasteiger partial charge >= 0.3 is 6.01 Å². The summed E-state index contributed by atoms with van der Waals surface area (Å²) in [5, 5.41) is 26.8. The van der Waals surface area contributed by atoms with Crippen LogP contribution in [0.4, 0.5) is 6.01 Å². The van der Waals surface area contributed by atoms with Gasteiger partial charge in [-0.25, -0.2) is 16.8 Å². The number of rotatable bonds is 10. The number of sulfone groups is 1. The van der Waals surface area contributed by atoms with Gasteiger partial charge in [0.25, 0.3) is 5.91 Å². The van der Waals surface area contributed by atoms with Crippen LogP contribution < -0.4 is 5.32 Å². The van der Waals surface area contributed by atoms with E-state index in [-0.39, 0.29) is 48.3 Å². The van der Waals surface area contributed by atoms with Gasteiger partial charge in [0.05, 0.1) is 17.0 Å². The number of nitrogens with one attached hydrogen (secondary N) is 1. The number of nitriles is 2. The molecule has 2 aromatic rings. The molecule has 0 spiro atoms. The normalized spacial score (nSPS) is 11.6. The maximum atomic E-state index is 12.8. The molecule has 0 atom stereocenters. The average Bonchev–Trinajstić information content (AvgIpc) is 3.12. The highest BCUT2D eigenvalue weighted by atomic mass is 32.2. The standard InChI is InChI=1S/C17H18N6O6S2/c1-30(25,26)12-15-21-22-17(29-15)20-16(24)13-4-6-14(7-5-13)31(27,28)23(10-2-8-18)11-3-9-19/h4-7H,2-3,10-12H2,1H3,(H,20,22,24). The summed E-state index contributed by atoms with van der Waals surface area (Å²) in [4.78, 5) is 12.2. The minimum Gasteiger partial charge on any atom is -0.407 e. The van der Waals surface area contributed by atoms with Crippen LogP contribution in [0.5, 0.6) is 0 Å². The lowest BCUT2D eigenvalue weighted by Crippen LogP contribution is -2.32. The molecule has 1 amide bonds. The number of hydrogen-bond acceptors (Lipinski definition) is 10. The Hall–Kier alpha value is -3.33. The van der Waals surface area contributed by atoms with Crippen molar-refractivity contribution in [3.8, 4) is 12.1 Å². The molecule has 31 heavy (non-hydrogen) atoms. The van der Waals surface area contributed by atoms with Crippen LogP contribution in [-0.4, -0.2) is 56.6 Å². The summed E-state index contributed by atoms with van der Waals surface area (Å²) in [6.45, 7) is -0.120. The van der Waals surface area contributed by atoms with Gasteiger partial charge in [0.1, 0.15) is 5.75 Å². The van der Waals surface area contributed by atoms with Gasteiger partial charge in [-0.2, -0.15) is 14.8 Å². The molecule has 14 heteroatoms. The van der Waals surface area contributed by atoms with Gasteiger partial charge in [0.2, 0.25) is 15.9 Å². The van der Waals surface area contributed by atoms with Crippen LogP contribution in [0.25, 0.3) is 0 Å². The minimum atomic E-state index is -3.96. The van der Waals surface area contributed by atoms with E-state index in [9.17, 15) is 21.6 Å². The zero-order chi connectivity index (χ0) is 23.1. The van der Waals surface area contributed by atoms with Crippen molar-refractivity contribution in [2.45, 2.75) is 23.5 Å². The number of benzene rings is 1. The third-order valence-electron chi connectivity index (χ3n) is 3.77. The molecule has 0 aliphatic heterocycles. The number of carbonyl (C=O) groups excluding carboxylic acids is 1. The summed E-state index contributed by atoms with van der Waals surface area (Å²) in [7, 11) is -7.35. The fourth-order valence-electron chi connectivity index (χ4n) is 2.38. The lowest BCUT2D eigenvalue weighted by molar-refractivity contribution is 0.102. The first-order valence-corrected chi connectivity index (χ1v) is 12.2. The van der Waals surface area contributed by atoms with E-state index in [0.717, 1.165) is 10.6 Å². The summed E-state index contributed by atoms with van der Waals surface area (Å²) in [5.41, 5.74) is 0.0856. The average molecular weight is 467 g/mol. The predicted molar refractivity (Wildman–Crippen MR) is 106 cm³/mol. The quantitative estimate of drug-likeness (QED) is 0.521. The zero-order valence-corrected chi connectivity index (χ0v) is 18.0. The molecular formula is C17H18N6O6S2. The number of aromatic nitrogens is 2. The largest absolute Gasteiger partial charge is 0.407 e. The van der Waals surface area contributed by atoms with Crippen molar-refractivity contribution < 1.29 is 26.0 Å². The molecule has 0 unspecified atom stereocenters. The molecule has 0 bridgehead atoms. The number of hydrogen-bond donors (Lipinski definition) is 1. The van der Waals surface area contributed by atoms with Crippen LogP contribution in [-0.2, 0) is 25.6 Å². The highest BCUT2D eigenvalue weighted by Crippen LogP contribution is 2.18. The first-order valence-electron chi connectivity index (χ1n) is 8.72. The Morgan fingerprint density at radius 3 is 2.16 bits per heavy atom. The van der Waals surface area contributed by atoms with Gasteiger partial charge in [0.15, 0.2) is 9.84 Å². The second kappa shape index (κ2) is 10.1. The van der Waals surface area contributed by atoms with E-state index in [1.54, 1.807) is 0 Å². The lowest BCUT2D eigenvalue weighted by atomic mass is 10.2. The van der Waals surface area contributed by atoms with Crippen LogP contribution in [0.1, 0.15) is 29.1 Å². The Labute approximate surface area is 179 Å². The Kier molecular flexibility index (Phi) is 7.82. The highest BCUT2D eigenvalue weighted by Gasteiger charge is 2.24. The smallest absolute Gasteiger partial charge is 0.322 e. The van der Waals surface area contributed by atoms with Gasteiger partial charge in [-0.05, 0) is 24.3 Å². The van der Waals surface area contributed by atoms with E-state index < -0.39 is 31.5 Å². The van der Waals surface area contributed by atoms with Gasteiger partial charge in [-0.15, -0.1) is 5.10 Å². The number of nitrogens with zero attached hydrogens (tertiary/aromatic N) is 5. The van der Waals surface area contributed by atoms with E-state index in [1.165, 1.54) is 24.3 Å². The molecule has 2 rings (SSSR count). The SMILES string of the molecule is CS(=O)(=O)Cc1nnc(NC(=O)c2ccc(S(=O)(=O)N(CCC#N)CCC#N)cc2)o1. The van der Waals surface area contributed by atoms with Crippen molar-refractivity contribution in [3.05, 3.63) is 35.7 Å². The number of sulfonamides is 1. The molecule has 0 fully saturated rings. The Bertz CT molecular complexity index is 1210. The molecule has 164 valence electrons. The van der Waals surface area contributed by atoms with Crippen LogP contribution in [0.3, 0.4) is 0 Å². The summed E-state index contributed by atoms with van der Waals surface area (Å²) in [6, 6.07) is 8.40. The van der Waals surface area contributed by atoms with E-state index in [4.69, 9.17) is 14.9 Å². The second-order valence-electron chi connectivity index (χ2n) is 6.27. The fraction of sp³-hybridized carbons (Fsp3) is 0.353. The van der Waals surface area contributed by atoms with Crippen LogP contribution in [0, 0.1) is 22.7 Å². The molecule has 0 aliphatic rings. The number of anilines is 1. The number of carbonyl (C=O) groups is 1. The summed E-state index contributed by atoms with van der Waals surface area (Å²) < 4.78 is 54.1. The lowest BCUT2D eigenvalue weighted by Gasteiger charge is -2.20. The van der Waals surface area contributed by atoms with Crippen molar-refractivity contribution in [2.75, 3.05) is 24.7 Å². The maximum absolute atomic E-state index is 12.8. The third kappa shape index (κ3) is 6.85. The third-order valence-corrected chi connectivity index (χ3v) is 6.46. The molecule has 0 radical (unpaired) electrons. The van der Waals surface area contributed by atoms with Crippen molar-refractivity contribution >= 4 is 31.8 Å². The van der Waals surface area contributed by atoms with Crippen molar-refractivity contribution in [1.29, 1.82) is 10.5 Å². The minimum absolute atomic E-state index is 0.0311. The molecular weight excluding hydrogens is 448 g/mol. The monoisotopic (exact) mass is 466 g/mol. The topological polar surface area (TPSA) is 187 Å². The first-order chi connectivity index (χ1) is 14.6. The molecule has 0 saturated carbocycles. The van der Waals surface area contributed by atoms with Gasteiger partial charge < -0.3 is 4.42 Å². The summed E-state index contributed by atoms with van der Waals surface area (Å²) >= 11 is 0. The fourth-order valence-corrected chi connectivity index (χ4v) is 4.39. The van der Waals surface area contributed by atoms with Gasteiger partial charge in [0, 0.05) is 37.8 Å². The maximum Gasteiger partial charge on any atom is 0.322 e. The predicted octanol–water partition coefficient (Wildman–Crippen LogP) is 0.685. The molecule has 1 aromatic carbocycles. The summed E-state index contributed by atoms with van der Waals surface area (Å²) in [5.74, 6) is -1.34. The summed E-state index contributed by atoms with van der Waals surface area (Å²) in [6.07, 6.45) is 0.931. The van der Waals surface area contributed by atoms with Crippen molar-refractivity contribution in [1.82, 2.24) is 14.5 Å². The molecule has 1 aromatic heterocycles. The Morgan fingerprint density at radius 1 is 1.06 bits per heavy atom.